The zero-order chi connectivity index (χ0) is 8.39. The largest absolute Gasteiger partial charge is 0.357 e. The van der Waals surface area contributed by atoms with Crippen LogP contribution in [0.15, 0.2) is 23.6 Å². The Balaban J connectivity index is 2.31. The van der Waals surface area contributed by atoms with E-state index in [2.05, 4.69) is 20.3 Å². The van der Waals surface area contributed by atoms with Gasteiger partial charge in [-0.3, -0.25) is 0 Å². The molecule has 5 heteroatoms. The lowest BCUT2D eigenvalue weighted by atomic mass is 10.3. The maximum absolute atomic E-state index is 5.69. The van der Waals surface area contributed by atoms with Gasteiger partial charge in [0, 0.05) is 6.54 Å². The molecule has 0 fully saturated rings. The zero-order valence-corrected chi connectivity index (χ0v) is 6.97. The second-order valence-electron chi connectivity index (χ2n) is 2.34. The van der Waals surface area contributed by atoms with Crippen LogP contribution in [0.4, 0.5) is 0 Å². The van der Waals surface area contributed by atoms with Crippen molar-refractivity contribution in [2.75, 3.05) is 6.54 Å². The number of nitrogens with one attached hydrogen (secondary N) is 2. The van der Waals surface area contributed by atoms with Crippen LogP contribution >= 0.6 is 11.6 Å². The summed E-state index contributed by atoms with van der Waals surface area (Å²) in [6.07, 6.45) is 5.27. The van der Waals surface area contributed by atoms with Gasteiger partial charge in [0.1, 0.15) is 0 Å². The smallest absolute Gasteiger partial charge is 0.196 e. The molecule has 1 aliphatic heterocycles. The third kappa shape index (κ3) is 1.33. The second kappa shape index (κ2) is 2.98. The van der Waals surface area contributed by atoms with Gasteiger partial charge >= 0.3 is 0 Å². The highest BCUT2D eigenvalue weighted by molar-refractivity contribution is 6.65. The Morgan fingerprint density at radius 1 is 1.50 bits per heavy atom. The van der Waals surface area contributed by atoms with E-state index in [0.717, 1.165) is 11.4 Å². The molecular formula is C7H7ClN4. The first-order valence-corrected chi connectivity index (χ1v) is 3.91. The number of H-pyrrole nitrogens is 1. The van der Waals surface area contributed by atoms with Crippen LogP contribution in [0.2, 0.25) is 0 Å². The molecule has 0 amide bonds. The molecule has 12 heavy (non-hydrogen) atoms. The molecule has 4 nitrogen and oxygen atoms in total. The number of hydrogen-bond donors (Lipinski definition) is 2. The van der Waals surface area contributed by atoms with Crippen LogP contribution in [0, 0.1) is 0 Å². The fourth-order valence-corrected chi connectivity index (χ4v) is 1.16. The fraction of sp³-hybridized carbons (Fsp3) is 0.143. The highest BCUT2D eigenvalue weighted by atomic mass is 35.5. The fourth-order valence-electron chi connectivity index (χ4n) is 0.989. The van der Waals surface area contributed by atoms with E-state index < -0.39 is 0 Å². The first-order valence-electron chi connectivity index (χ1n) is 3.53. The third-order valence-corrected chi connectivity index (χ3v) is 1.75. The van der Waals surface area contributed by atoms with Crippen molar-refractivity contribution >= 4 is 22.6 Å². The van der Waals surface area contributed by atoms with Gasteiger partial charge in [0.15, 0.2) is 5.29 Å². The number of nitrogens with zero attached hydrogens (tertiary/aromatic N) is 2. The van der Waals surface area contributed by atoms with Gasteiger partial charge in [-0.15, -0.1) is 0 Å². The number of rotatable bonds is 1. The van der Waals surface area contributed by atoms with Crippen LogP contribution in [-0.2, 0) is 0 Å². The molecule has 1 aromatic heterocycles. The Bertz CT molecular complexity index is 325. The summed E-state index contributed by atoms with van der Waals surface area (Å²) < 4.78 is 0. The number of aliphatic imine (C=N–C) groups is 1. The molecule has 1 aromatic rings. The minimum absolute atomic E-state index is 0.419. The van der Waals surface area contributed by atoms with Gasteiger partial charge in [0.2, 0.25) is 0 Å². The van der Waals surface area contributed by atoms with Crippen molar-refractivity contribution in [2.45, 2.75) is 0 Å². The van der Waals surface area contributed by atoms with Gasteiger partial charge in [-0.05, 0) is 17.7 Å². The monoisotopic (exact) mass is 182 g/mol. The molecule has 0 aromatic carbocycles. The van der Waals surface area contributed by atoms with Crippen LogP contribution in [-0.4, -0.2) is 21.8 Å². The number of imidazole rings is 1. The second-order valence-corrected chi connectivity index (χ2v) is 2.70. The quantitative estimate of drug-likeness (QED) is 0.636. The van der Waals surface area contributed by atoms with Crippen LogP contribution in [0.5, 0.6) is 0 Å². The molecule has 0 bridgehead atoms. The maximum Gasteiger partial charge on any atom is 0.196 e. The van der Waals surface area contributed by atoms with E-state index in [1.165, 1.54) is 0 Å². The normalized spacial score (nSPS) is 16.4. The van der Waals surface area contributed by atoms with Crippen molar-refractivity contribution in [1.29, 1.82) is 0 Å². The number of aromatic nitrogens is 2. The van der Waals surface area contributed by atoms with E-state index in [-0.39, 0.29) is 0 Å². The molecule has 0 saturated carbocycles. The van der Waals surface area contributed by atoms with E-state index in [1.807, 2.05) is 6.08 Å². The van der Waals surface area contributed by atoms with Crippen LogP contribution < -0.4 is 5.32 Å². The summed E-state index contributed by atoms with van der Waals surface area (Å²) in [5.41, 5.74) is 1.71. The van der Waals surface area contributed by atoms with Crippen molar-refractivity contribution in [1.82, 2.24) is 15.3 Å². The molecule has 0 atom stereocenters. The lowest BCUT2D eigenvalue weighted by molar-refractivity contribution is 1.03. The Morgan fingerprint density at radius 2 is 2.42 bits per heavy atom. The minimum Gasteiger partial charge on any atom is -0.357 e. The predicted molar refractivity (Wildman–Crippen MR) is 47.9 cm³/mol. The van der Waals surface area contributed by atoms with E-state index in [0.29, 0.717) is 11.8 Å². The van der Waals surface area contributed by atoms with Gasteiger partial charge in [0.05, 0.1) is 23.9 Å². The Labute approximate surface area is 74.4 Å². The number of hydrogen-bond acceptors (Lipinski definition) is 3. The first-order chi connectivity index (χ1) is 5.86. The molecule has 1 aliphatic rings. The number of amidine groups is 1. The van der Waals surface area contributed by atoms with Gasteiger partial charge in [-0.1, -0.05) is 0 Å². The standard InChI is InChI=1S/C7H7ClN4/c8-7-10-2-1-5(12-7)6-3-9-4-11-6/h1,3-4H,2H2,(H,9,11)(H,10,12). The zero-order valence-electron chi connectivity index (χ0n) is 6.21. The van der Waals surface area contributed by atoms with Crippen molar-refractivity contribution in [3.8, 4) is 0 Å². The molecule has 0 saturated heterocycles. The molecule has 62 valence electrons. The van der Waals surface area contributed by atoms with Gasteiger partial charge in [0.25, 0.3) is 0 Å². The number of halogens is 1. The summed E-state index contributed by atoms with van der Waals surface area (Å²) in [5.74, 6) is 0. The van der Waals surface area contributed by atoms with Crippen molar-refractivity contribution in [2.24, 2.45) is 4.99 Å². The maximum atomic E-state index is 5.69. The summed E-state index contributed by atoms with van der Waals surface area (Å²) in [6, 6.07) is 0. The summed E-state index contributed by atoms with van der Waals surface area (Å²) in [6.45, 7) is 0.705. The molecule has 0 spiro atoms. The molecule has 2 heterocycles. The van der Waals surface area contributed by atoms with Crippen molar-refractivity contribution in [3.05, 3.63) is 24.3 Å². The SMILES string of the molecule is ClC1=NC(c2cnc[nH]2)=CCN1. The van der Waals surface area contributed by atoms with E-state index in [4.69, 9.17) is 11.6 Å². The van der Waals surface area contributed by atoms with Gasteiger partial charge in [-0.2, -0.15) is 0 Å². The highest BCUT2D eigenvalue weighted by Crippen LogP contribution is 2.14. The molecule has 0 aliphatic carbocycles. The Hall–Kier alpha value is -1.29. The number of aromatic amines is 1. The lowest BCUT2D eigenvalue weighted by Crippen LogP contribution is -2.21. The van der Waals surface area contributed by atoms with Crippen LogP contribution in [0.3, 0.4) is 0 Å². The minimum atomic E-state index is 0.419. The predicted octanol–water partition coefficient (Wildman–Crippen LogP) is 0.949. The topological polar surface area (TPSA) is 53.1 Å². The molecule has 0 unspecified atom stereocenters. The van der Waals surface area contributed by atoms with E-state index >= 15 is 0 Å². The first kappa shape index (κ1) is 7.36. The summed E-state index contributed by atoms with van der Waals surface area (Å²) in [7, 11) is 0. The molecule has 2 N–H and O–H groups in total. The summed E-state index contributed by atoms with van der Waals surface area (Å²) >= 11 is 5.69. The van der Waals surface area contributed by atoms with Crippen molar-refractivity contribution < 1.29 is 0 Å². The lowest BCUT2D eigenvalue weighted by Gasteiger charge is -2.08. The Kier molecular flexibility index (Phi) is 1.83. The molecule has 0 radical (unpaired) electrons. The molecular weight excluding hydrogens is 176 g/mol. The summed E-state index contributed by atoms with van der Waals surface area (Å²) in [4.78, 5) is 10.9. The van der Waals surface area contributed by atoms with Gasteiger partial charge in [-0.25, -0.2) is 9.98 Å². The highest BCUT2D eigenvalue weighted by Gasteiger charge is 2.06. The summed E-state index contributed by atoms with van der Waals surface area (Å²) in [5, 5.41) is 3.30. The molecule has 2 rings (SSSR count). The van der Waals surface area contributed by atoms with Gasteiger partial charge < -0.3 is 10.3 Å². The average Bonchev–Trinajstić information content (AvgIpc) is 2.56. The van der Waals surface area contributed by atoms with Crippen LogP contribution in [0.25, 0.3) is 5.70 Å². The van der Waals surface area contributed by atoms with Crippen molar-refractivity contribution in [3.63, 3.8) is 0 Å². The van der Waals surface area contributed by atoms with E-state index in [9.17, 15) is 0 Å². The van der Waals surface area contributed by atoms with Crippen LogP contribution in [0.1, 0.15) is 5.69 Å². The van der Waals surface area contributed by atoms with E-state index in [1.54, 1.807) is 12.5 Å². The third-order valence-electron chi connectivity index (χ3n) is 1.54. The Morgan fingerprint density at radius 3 is 3.08 bits per heavy atom. The average molecular weight is 183 g/mol.